The Morgan fingerprint density at radius 1 is 1.29 bits per heavy atom. The van der Waals surface area contributed by atoms with Crippen molar-refractivity contribution in [3.8, 4) is 0 Å². The molecule has 0 aliphatic heterocycles. The largest absolute Gasteiger partial charge is 0.348 e. The molecule has 0 aromatic carbocycles. The van der Waals surface area contributed by atoms with Crippen LogP contribution < -0.4 is 0 Å². The van der Waals surface area contributed by atoms with Gasteiger partial charge in [0.15, 0.2) is 6.29 Å². The highest BCUT2D eigenvalue weighted by molar-refractivity contribution is 5.73. The van der Waals surface area contributed by atoms with Crippen LogP contribution in [0.25, 0.3) is 0 Å². The van der Waals surface area contributed by atoms with Gasteiger partial charge in [0.25, 0.3) is 0 Å². The number of carbonyl (C=O) groups excluding carboxylic acids is 1. The lowest BCUT2D eigenvalue weighted by Crippen LogP contribution is -2.17. The fraction of sp³-hybridized carbons (Fsp3) is 0.417. The molecule has 0 atom stereocenters. The number of hydrogen-bond acceptors (Lipinski definition) is 5. The van der Waals surface area contributed by atoms with Gasteiger partial charge in [0.05, 0.1) is 6.21 Å². The molecule has 0 bridgehead atoms. The Hall–Kier alpha value is -1.59. The van der Waals surface area contributed by atoms with Crippen molar-refractivity contribution >= 4 is 12.5 Å². The lowest BCUT2D eigenvalue weighted by molar-refractivity contribution is -0.0871. The van der Waals surface area contributed by atoms with Crippen LogP contribution in [0.15, 0.2) is 24.5 Å². The van der Waals surface area contributed by atoms with Crippen molar-refractivity contribution in [2.45, 2.75) is 20.1 Å². The molecule has 1 rings (SSSR count). The Kier molecular flexibility index (Phi) is 9.89. The summed E-state index contributed by atoms with van der Waals surface area (Å²) in [6, 6.07) is 3.32. The van der Waals surface area contributed by atoms with Gasteiger partial charge in [-0.15, -0.1) is 0 Å². The maximum absolute atomic E-state index is 9.98. The zero-order valence-corrected chi connectivity index (χ0v) is 10.1. The lowest BCUT2D eigenvalue weighted by Gasteiger charge is -2.09. The second-order valence-electron chi connectivity index (χ2n) is 2.84. The van der Waals surface area contributed by atoms with Crippen molar-refractivity contribution in [3.63, 3.8) is 0 Å². The lowest BCUT2D eigenvalue weighted by atomic mass is 10.3. The van der Waals surface area contributed by atoms with Crippen molar-refractivity contribution in [2.24, 2.45) is 0 Å². The monoisotopic (exact) mass is 238 g/mol. The minimum atomic E-state index is -0.444. The molecule has 5 heteroatoms. The first-order valence-corrected chi connectivity index (χ1v) is 5.37. The molecule has 1 aromatic rings. The van der Waals surface area contributed by atoms with Gasteiger partial charge in [-0.25, -0.2) is 0 Å². The highest BCUT2D eigenvalue weighted by atomic mass is 16.7. The fourth-order valence-electron chi connectivity index (χ4n) is 0.915. The molecule has 94 valence electrons. The first-order valence-electron chi connectivity index (χ1n) is 5.37. The molecule has 0 saturated carbocycles. The predicted octanol–water partition coefficient (Wildman–Crippen LogP) is 1.93. The van der Waals surface area contributed by atoms with Gasteiger partial charge < -0.3 is 14.9 Å². The number of hydrogen-bond donors (Lipinski definition) is 1. The second-order valence-corrected chi connectivity index (χ2v) is 2.84. The van der Waals surface area contributed by atoms with E-state index in [0.717, 1.165) is 12.5 Å². The van der Waals surface area contributed by atoms with E-state index in [-0.39, 0.29) is 0 Å². The minimum Gasteiger partial charge on any atom is -0.348 e. The summed E-state index contributed by atoms with van der Waals surface area (Å²) in [6.07, 6.45) is 4.67. The SMILES string of the molecule is CCOC(C=N)OCC.O=Cc1ccncc1. The zero-order chi connectivity index (χ0) is 12.9. The number of aldehydes is 1. The van der Waals surface area contributed by atoms with E-state index in [1.54, 1.807) is 24.5 Å². The number of pyridine rings is 1. The van der Waals surface area contributed by atoms with Crippen molar-refractivity contribution < 1.29 is 14.3 Å². The molecule has 0 aliphatic rings. The van der Waals surface area contributed by atoms with Gasteiger partial charge in [-0.3, -0.25) is 9.78 Å². The average molecular weight is 238 g/mol. The van der Waals surface area contributed by atoms with E-state index in [9.17, 15) is 4.79 Å². The smallest absolute Gasteiger partial charge is 0.193 e. The van der Waals surface area contributed by atoms with Crippen LogP contribution in [0.1, 0.15) is 24.2 Å². The summed E-state index contributed by atoms with van der Waals surface area (Å²) >= 11 is 0. The second kappa shape index (κ2) is 10.9. The Labute approximate surface area is 101 Å². The highest BCUT2D eigenvalue weighted by Crippen LogP contribution is 1.89. The molecule has 17 heavy (non-hydrogen) atoms. The van der Waals surface area contributed by atoms with E-state index < -0.39 is 6.29 Å². The number of nitrogens with one attached hydrogen (secondary N) is 1. The molecule has 0 amide bonds. The van der Waals surface area contributed by atoms with Gasteiger partial charge in [0.2, 0.25) is 0 Å². The molecule has 0 fully saturated rings. The van der Waals surface area contributed by atoms with Gasteiger partial charge >= 0.3 is 0 Å². The Morgan fingerprint density at radius 3 is 2.12 bits per heavy atom. The molecule has 1 heterocycles. The first-order chi connectivity index (χ1) is 8.28. The molecule has 5 nitrogen and oxygen atoms in total. The topological polar surface area (TPSA) is 72.3 Å². The standard InChI is InChI=1S/C6H13NO2.C6H5NO/c1-3-8-6(5-7)9-4-2;8-5-6-1-3-7-4-2-6/h5-7H,3-4H2,1-2H3;1-5H. The van der Waals surface area contributed by atoms with E-state index in [0.29, 0.717) is 18.8 Å². The Morgan fingerprint density at radius 2 is 1.82 bits per heavy atom. The van der Waals surface area contributed by atoms with Gasteiger partial charge in [-0.1, -0.05) is 0 Å². The van der Waals surface area contributed by atoms with Crippen molar-refractivity contribution in [2.75, 3.05) is 13.2 Å². The number of nitrogens with zero attached hydrogens (tertiary/aromatic N) is 1. The van der Waals surface area contributed by atoms with Crippen LogP contribution in [0.3, 0.4) is 0 Å². The van der Waals surface area contributed by atoms with Crippen LogP contribution in [-0.2, 0) is 9.47 Å². The summed E-state index contributed by atoms with van der Waals surface area (Å²) in [7, 11) is 0. The number of aromatic nitrogens is 1. The zero-order valence-electron chi connectivity index (χ0n) is 10.1. The molecule has 0 radical (unpaired) electrons. The third-order valence-corrected chi connectivity index (χ3v) is 1.64. The summed E-state index contributed by atoms with van der Waals surface area (Å²) in [6.45, 7) is 4.91. The first kappa shape index (κ1) is 15.4. The fourth-order valence-corrected chi connectivity index (χ4v) is 0.915. The molecule has 0 unspecified atom stereocenters. The van der Waals surface area contributed by atoms with E-state index in [1.807, 2.05) is 13.8 Å². The van der Waals surface area contributed by atoms with Crippen molar-refractivity contribution in [1.82, 2.24) is 4.98 Å². The molecule has 0 saturated heterocycles. The summed E-state index contributed by atoms with van der Waals surface area (Å²) in [5.74, 6) is 0. The molecule has 1 aromatic heterocycles. The van der Waals surface area contributed by atoms with Gasteiger partial charge in [-0.05, 0) is 26.0 Å². The van der Waals surface area contributed by atoms with E-state index in [2.05, 4.69) is 4.98 Å². The van der Waals surface area contributed by atoms with E-state index in [4.69, 9.17) is 14.9 Å². The van der Waals surface area contributed by atoms with Crippen LogP contribution in [0.4, 0.5) is 0 Å². The molecule has 0 aliphatic carbocycles. The third kappa shape index (κ3) is 8.24. The van der Waals surface area contributed by atoms with E-state index in [1.165, 1.54) is 0 Å². The van der Waals surface area contributed by atoms with Crippen molar-refractivity contribution in [3.05, 3.63) is 30.1 Å². The van der Waals surface area contributed by atoms with Gasteiger partial charge in [-0.2, -0.15) is 0 Å². The van der Waals surface area contributed by atoms with Crippen LogP contribution in [0.5, 0.6) is 0 Å². The molecule has 0 spiro atoms. The van der Waals surface area contributed by atoms with Crippen LogP contribution in [-0.4, -0.2) is 37.0 Å². The normalized spacial score (nSPS) is 9.35. The number of ether oxygens (including phenoxy) is 2. The summed E-state index contributed by atoms with van der Waals surface area (Å²) < 4.78 is 9.93. The Balaban J connectivity index is 0.000000302. The minimum absolute atomic E-state index is 0.444. The number of rotatable bonds is 6. The summed E-state index contributed by atoms with van der Waals surface area (Å²) in [5, 5.41) is 6.79. The van der Waals surface area contributed by atoms with Crippen LogP contribution >= 0.6 is 0 Å². The Bertz CT molecular complexity index is 298. The third-order valence-electron chi connectivity index (χ3n) is 1.64. The summed E-state index contributed by atoms with van der Waals surface area (Å²) in [5.41, 5.74) is 0.667. The van der Waals surface area contributed by atoms with E-state index >= 15 is 0 Å². The van der Waals surface area contributed by atoms with Crippen LogP contribution in [0.2, 0.25) is 0 Å². The number of carbonyl (C=O) groups is 1. The van der Waals surface area contributed by atoms with Gasteiger partial charge in [0.1, 0.15) is 6.29 Å². The maximum Gasteiger partial charge on any atom is 0.193 e. The maximum atomic E-state index is 9.98. The molecule has 1 N–H and O–H groups in total. The quantitative estimate of drug-likeness (QED) is 0.467. The predicted molar refractivity (Wildman–Crippen MR) is 65.4 cm³/mol. The summed E-state index contributed by atoms with van der Waals surface area (Å²) in [4.78, 5) is 13.7. The highest BCUT2D eigenvalue weighted by Gasteiger charge is 1.99. The van der Waals surface area contributed by atoms with Gasteiger partial charge in [0, 0.05) is 31.2 Å². The van der Waals surface area contributed by atoms with Crippen molar-refractivity contribution in [1.29, 1.82) is 5.41 Å². The van der Waals surface area contributed by atoms with Crippen LogP contribution in [0, 0.1) is 5.41 Å². The molecular weight excluding hydrogens is 220 g/mol. The molecular formula is C12H18N2O3. The average Bonchev–Trinajstić information content (AvgIpc) is 2.40.